The van der Waals surface area contributed by atoms with E-state index < -0.39 is 0 Å². The van der Waals surface area contributed by atoms with Crippen molar-refractivity contribution in [3.63, 3.8) is 0 Å². The van der Waals surface area contributed by atoms with Gasteiger partial charge in [0.25, 0.3) is 0 Å². The van der Waals surface area contributed by atoms with Gasteiger partial charge in [0.05, 0.1) is 6.10 Å². The number of hydrogen-bond acceptors (Lipinski definition) is 3. The maximum atomic E-state index is 11.8. The monoisotopic (exact) mass is 276 g/mol. The van der Waals surface area contributed by atoms with E-state index in [9.17, 15) is 4.79 Å². The molecule has 106 valence electrons. The molecule has 0 bridgehead atoms. The Kier molecular flexibility index (Phi) is 6.97. The van der Waals surface area contributed by atoms with Gasteiger partial charge in [-0.2, -0.15) is 0 Å². The molecule has 0 aromatic heterocycles. The molecular formula is C13H25ClN2O2. The van der Waals surface area contributed by atoms with Crippen LogP contribution in [0.2, 0.25) is 0 Å². The molecule has 1 saturated carbocycles. The number of hydrogen-bond donors (Lipinski definition) is 2. The third-order valence-corrected chi connectivity index (χ3v) is 3.99. The van der Waals surface area contributed by atoms with Gasteiger partial charge in [-0.05, 0) is 25.2 Å². The van der Waals surface area contributed by atoms with Crippen molar-refractivity contribution in [3.05, 3.63) is 0 Å². The molecule has 0 aromatic carbocycles. The Bertz CT molecular complexity index is 257. The second-order valence-corrected chi connectivity index (χ2v) is 5.29. The van der Waals surface area contributed by atoms with Crippen LogP contribution in [0.15, 0.2) is 0 Å². The van der Waals surface area contributed by atoms with Gasteiger partial charge in [0.1, 0.15) is 6.10 Å². The van der Waals surface area contributed by atoms with Crippen LogP contribution in [0.25, 0.3) is 0 Å². The van der Waals surface area contributed by atoms with Gasteiger partial charge < -0.3 is 15.8 Å². The lowest BCUT2D eigenvalue weighted by Crippen LogP contribution is -2.36. The number of carbonyl (C=O) groups is 1. The van der Waals surface area contributed by atoms with Crippen LogP contribution >= 0.6 is 12.4 Å². The molecule has 0 aromatic rings. The molecule has 1 aliphatic heterocycles. The van der Waals surface area contributed by atoms with Gasteiger partial charge in [-0.25, -0.2) is 0 Å². The molecule has 0 unspecified atom stereocenters. The molecule has 1 heterocycles. The molecule has 2 atom stereocenters. The predicted octanol–water partition coefficient (Wildman–Crippen LogP) is 1.61. The zero-order valence-corrected chi connectivity index (χ0v) is 11.7. The number of amides is 1. The van der Waals surface area contributed by atoms with Crippen molar-refractivity contribution in [2.45, 2.75) is 57.2 Å². The van der Waals surface area contributed by atoms with E-state index in [0.29, 0.717) is 6.54 Å². The van der Waals surface area contributed by atoms with Crippen molar-refractivity contribution in [3.8, 4) is 0 Å². The van der Waals surface area contributed by atoms with E-state index in [1.54, 1.807) is 0 Å². The molecule has 0 spiro atoms. The van der Waals surface area contributed by atoms with Gasteiger partial charge in [0, 0.05) is 13.1 Å². The summed E-state index contributed by atoms with van der Waals surface area (Å²) in [5.74, 6) is 0.885. The van der Waals surface area contributed by atoms with Crippen LogP contribution in [0, 0.1) is 5.92 Å². The molecule has 1 saturated heterocycles. The highest BCUT2D eigenvalue weighted by molar-refractivity contribution is 5.85. The van der Waals surface area contributed by atoms with Crippen LogP contribution in [-0.4, -0.2) is 31.2 Å². The van der Waals surface area contributed by atoms with E-state index in [-0.39, 0.29) is 30.5 Å². The Balaban J connectivity index is 0.00000162. The fourth-order valence-corrected chi connectivity index (χ4v) is 2.88. The normalized spacial score (nSPS) is 28.1. The van der Waals surface area contributed by atoms with Crippen molar-refractivity contribution in [1.82, 2.24) is 5.32 Å². The van der Waals surface area contributed by atoms with E-state index in [0.717, 1.165) is 31.7 Å². The highest BCUT2D eigenvalue weighted by Gasteiger charge is 2.29. The molecule has 1 amide bonds. The lowest BCUT2D eigenvalue weighted by Gasteiger charge is -2.14. The maximum Gasteiger partial charge on any atom is 0.249 e. The summed E-state index contributed by atoms with van der Waals surface area (Å²) < 4.78 is 5.56. The molecule has 5 heteroatoms. The molecular weight excluding hydrogens is 252 g/mol. The van der Waals surface area contributed by atoms with Crippen molar-refractivity contribution in [2.75, 3.05) is 13.1 Å². The molecule has 2 aliphatic rings. The summed E-state index contributed by atoms with van der Waals surface area (Å²) in [6.07, 6.45) is 8.08. The van der Waals surface area contributed by atoms with Crippen molar-refractivity contribution in [1.29, 1.82) is 0 Å². The van der Waals surface area contributed by atoms with Crippen LogP contribution in [0.1, 0.15) is 44.9 Å². The van der Waals surface area contributed by atoms with E-state index in [1.165, 1.54) is 25.7 Å². The quantitative estimate of drug-likeness (QED) is 0.802. The molecule has 0 radical (unpaired) electrons. The smallest absolute Gasteiger partial charge is 0.249 e. The van der Waals surface area contributed by atoms with E-state index in [1.807, 2.05) is 0 Å². The Labute approximate surface area is 115 Å². The molecule has 18 heavy (non-hydrogen) atoms. The van der Waals surface area contributed by atoms with Crippen LogP contribution in [-0.2, 0) is 9.53 Å². The average Bonchev–Trinajstić information content (AvgIpc) is 2.99. The third kappa shape index (κ3) is 4.41. The largest absolute Gasteiger partial charge is 0.364 e. The lowest BCUT2D eigenvalue weighted by atomic mass is 10.0. The number of carbonyl (C=O) groups excluding carboxylic acids is 1. The van der Waals surface area contributed by atoms with E-state index in [2.05, 4.69) is 5.32 Å². The summed E-state index contributed by atoms with van der Waals surface area (Å²) in [7, 11) is 0. The number of ether oxygens (including phenoxy) is 1. The third-order valence-electron chi connectivity index (χ3n) is 3.99. The first-order valence-electron chi connectivity index (χ1n) is 6.93. The summed E-state index contributed by atoms with van der Waals surface area (Å²) >= 11 is 0. The van der Waals surface area contributed by atoms with Gasteiger partial charge in [-0.15, -0.1) is 12.4 Å². The zero-order valence-electron chi connectivity index (χ0n) is 10.9. The van der Waals surface area contributed by atoms with Crippen molar-refractivity contribution >= 4 is 18.3 Å². The highest BCUT2D eigenvalue weighted by Crippen LogP contribution is 2.27. The predicted molar refractivity (Wildman–Crippen MR) is 73.8 cm³/mol. The Morgan fingerprint density at radius 1 is 1.22 bits per heavy atom. The van der Waals surface area contributed by atoms with Gasteiger partial charge in [-0.1, -0.05) is 25.7 Å². The average molecular weight is 277 g/mol. The van der Waals surface area contributed by atoms with E-state index in [4.69, 9.17) is 10.5 Å². The second kappa shape index (κ2) is 7.97. The van der Waals surface area contributed by atoms with Gasteiger partial charge >= 0.3 is 0 Å². The minimum absolute atomic E-state index is 0. The molecule has 2 fully saturated rings. The summed E-state index contributed by atoms with van der Waals surface area (Å²) in [6.45, 7) is 1.32. The molecule has 2 rings (SSSR count). The first kappa shape index (κ1) is 15.7. The van der Waals surface area contributed by atoms with Crippen molar-refractivity contribution in [2.24, 2.45) is 11.7 Å². The summed E-state index contributed by atoms with van der Waals surface area (Å²) in [5, 5.41) is 2.99. The Hall–Kier alpha value is -0.320. The Morgan fingerprint density at radius 3 is 2.56 bits per heavy atom. The minimum Gasteiger partial charge on any atom is -0.364 e. The van der Waals surface area contributed by atoms with Gasteiger partial charge in [-0.3, -0.25) is 4.79 Å². The number of nitrogens with one attached hydrogen (secondary N) is 1. The van der Waals surface area contributed by atoms with Crippen LogP contribution in [0.3, 0.4) is 0 Å². The molecule has 1 aliphatic carbocycles. The van der Waals surface area contributed by atoms with Crippen molar-refractivity contribution < 1.29 is 9.53 Å². The first-order valence-corrected chi connectivity index (χ1v) is 6.93. The zero-order chi connectivity index (χ0) is 12.1. The molecule has 3 N–H and O–H groups in total. The number of halogens is 1. The van der Waals surface area contributed by atoms with Crippen LogP contribution in [0.4, 0.5) is 0 Å². The fraction of sp³-hybridized carbons (Fsp3) is 0.923. The van der Waals surface area contributed by atoms with Gasteiger partial charge in [0.15, 0.2) is 0 Å². The van der Waals surface area contributed by atoms with Crippen LogP contribution in [0.5, 0.6) is 0 Å². The van der Waals surface area contributed by atoms with Crippen LogP contribution < -0.4 is 11.1 Å². The number of nitrogens with two attached hydrogens (primary N) is 1. The Morgan fingerprint density at radius 2 is 1.94 bits per heavy atom. The van der Waals surface area contributed by atoms with E-state index >= 15 is 0 Å². The minimum atomic E-state index is -0.257. The summed E-state index contributed by atoms with van der Waals surface area (Å²) in [6, 6.07) is 0. The van der Waals surface area contributed by atoms with Gasteiger partial charge in [0.2, 0.25) is 5.91 Å². The highest BCUT2D eigenvalue weighted by atomic mass is 35.5. The fourth-order valence-electron chi connectivity index (χ4n) is 2.88. The maximum absolute atomic E-state index is 11.8. The molecule has 4 nitrogen and oxygen atoms in total. The SMILES string of the molecule is Cl.NC[C@H]1CC[C@@H](C(=O)NCCC2CCCC2)O1. The first-order chi connectivity index (χ1) is 8.29. The summed E-state index contributed by atoms with van der Waals surface area (Å²) in [5.41, 5.74) is 5.52. The topological polar surface area (TPSA) is 64.4 Å². The number of rotatable bonds is 5. The standard InChI is InChI=1S/C13H24N2O2.ClH/c14-9-11-5-6-12(17-11)13(16)15-8-7-10-3-1-2-4-10;/h10-12H,1-9,14H2,(H,15,16);1H/t11-,12+;/m1./s1. The summed E-state index contributed by atoms with van der Waals surface area (Å²) in [4.78, 5) is 11.8. The lowest BCUT2D eigenvalue weighted by molar-refractivity contribution is -0.131. The second-order valence-electron chi connectivity index (χ2n) is 5.29.